The minimum absolute atomic E-state index is 0.00518. The van der Waals surface area contributed by atoms with Crippen molar-refractivity contribution in [3.8, 4) is 0 Å². The lowest BCUT2D eigenvalue weighted by atomic mass is 10.2. The predicted molar refractivity (Wildman–Crippen MR) is 83.4 cm³/mol. The van der Waals surface area contributed by atoms with Gasteiger partial charge in [0, 0.05) is 17.0 Å². The van der Waals surface area contributed by atoms with E-state index in [4.69, 9.17) is 0 Å². The van der Waals surface area contributed by atoms with E-state index in [9.17, 15) is 18.5 Å². The maximum atomic E-state index is 12.4. The largest absolute Gasteiger partial charge is 0.272 e. The molecule has 0 amide bonds. The van der Waals surface area contributed by atoms with Gasteiger partial charge in [0.1, 0.15) is 0 Å². The first-order valence-electron chi connectivity index (χ1n) is 6.40. The highest BCUT2D eigenvalue weighted by molar-refractivity contribution is 7.89. The summed E-state index contributed by atoms with van der Waals surface area (Å²) in [5.74, 6) is 0. The number of nitro benzene ring substituents is 1. The van der Waals surface area contributed by atoms with Gasteiger partial charge in [0.2, 0.25) is 10.0 Å². The van der Waals surface area contributed by atoms with Crippen LogP contribution in [0.1, 0.15) is 29.2 Å². The van der Waals surface area contributed by atoms with Crippen LogP contribution in [0.2, 0.25) is 0 Å². The first kappa shape index (κ1) is 16.5. The summed E-state index contributed by atoms with van der Waals surface area (Å²) in [6.45, 7) is 5.05. The lowest BCUT2D eigenvalue weighted by Gasteiger charge is -2.12. The SMILES string of the molecule is Cc1nc([C@@H](C)NS(=O)(=O)c2ccc([N+](=O)[O-])c(C)c2)cs1. The number of nitrogens with zero attached hydrogens (tertiary/aromatic N) is 2. The molecule has 1 aromatic carbocycles. The topological polar surface area (TPSA) is 102 Å². The molecular formula is C13H15N3O4S2. The van der Waals surface area contributed by atoms with E-state index in [1.54, 1.807) is 12.3 Å². The summed E-state index contributed by atoms with van der Waals surface area (Å²) in [4.78, 5) is 14.5. The van der Waals surface area contributed by atoms with Gasteiger partial charge in [-0.3, -0.25) is 10.1 Å². The first-order chi connectivity index (χ1) is 10.2. The maximum absolute atomic E-state index is 12.4. The molecule has 1 heterocycles. The highest BCUT2D eigenvalue weighted by Crippen LogP contribution is 2.23. The molecule has 1 N–H and O–H groups in total. The molecule has 1 atom stereocenters. The van der Waals surface area contributed by atoms with Gasteiger partial charge in [-0.2, -0.15) is 0 Å². The van der Waals surface area contributed by atoms with Crippen LogP contribution in [0.3, 0.4) is 0 Å². The number of aromatic nitrogens is 1. The molecule has 0 aliphatic carbocycles. The number of sulfonamides is 1. The first-order valence-corrected chi connectivity index (χ1v) is 8.76. The quantitative estimate of drug-likeness (QED) is 0.665. The van der Waals surface area contributed by atoms with E-state index >= 15 is 0 Å². The molecule has 0 saturated heterocycles. The molecule has 9 heteroatoms. The number of hydrogen-bond acceptors (Lipinski definition) is 6. The molecule has 2 rings (SSSR count). The van der Waals surface area contributed by atoms with E-state index in [1.165, 1.54) is 36.5 Å². The third-order valence-corrected chi connectivity index (χ3v) is 5.42. The highest BCUT2D eigenvalue weighted by Gasteiger charge is 2.22. The molecule has 0 fully saturated rings. The van der Waals surface area contributed by atoms with Crippen LogP contribution in [0.5, 0.6) is 0 Å². The van der Waals surface area contributed by atoms with Gasteiger partial charge in [0.05, 0.1) is 26.6 Å². The summed E-state index contributed by atoms with van der Waals surface area (Å²) in [6, 6.07) is 3.23. The van der Waals surface area contributed by atoms with Crippen molar-refractivity contribution in [3.05, 3.63) is 50.0 Å². The molecule has 22 heavy (non-hydrogen) atoms. The van der Waals surface area contributed by atoms with Gasteiger partial charge in [-0.25, -0.2) is 18.1 Å². The van der Waals surface area contributed by atoms with Crippen molar-refractivity contribution in [3.63, 3.8) is 0 Å². The molecule has 0 saturated carbocycles. The molecule has 7 nitrogen and oxygen atoms in total. The zero-order valence-electron chi connectivity index (χ0n) is 12.2. The van der Waals surface area contributed by atoms with Crippen LogP contribution in [0, 0.1) is 24.0 Å². The molecular weight excluding hydrogens is 326 g/mol. The Morgan fingerprint density at radius 2 is 2.05 bits per heavy atom. The molecule has 1 aromatic heterocycles. The molecule has 2 aromatic rings. The molecule has 0 spiro atoms. The van der Waals surface area contributed by atoms with Crippen LogP contribution < -0.4 is 4.72 Å². The van der Waals surface area contributed by atoms with Crippen LogP contribution in [0.15, 0.2) is 28.5 Å². The van der Waals surface area contributed by atoms with E-state index in [0.29, 0.717) is 11.3 Å². The summed E-state index contributed by atoms with van der Waals surface area (Å²) >= 11 is 1.44. The second-order valence-corrected chi connectivity index (χ2v) is 7.62. The normalized spacial score (nSPS) is 13.0. The molecule has 0 aliphatic rings. The third kappa shape index (κ3) is 3.49. The van der Waals surface area contributed by atoms with Crippen LogP contribution in [0.4, 0.5) is 5.69 Å². The number of hydrogen-bond donors (Lipinski definition) is 1. The fourth-order valence-electron chi connectivity index (χ4n) is 1.94. The zero-order chi connectivity index (χ0) is 16.5. The number of nitro groups is 1. The highest BCUT2D eigenvalue weighted by atomic mass is 32.2. The third-order valence-electron chi connectivity index (χ3n) is 3.09. The Labute approximate surface area is 132 Å². The number of nitrogens with one attached hydrogen (secondary N) is 1. The van der Waals surface area contributed by atoms with E-state index in [-0.39, 0.29) is 10.6 Å². The molecule has 0 aliphatic heterocycles. The standard InChI is InChI=1S/C13H15N3O4S2/c1-8-6-11(4-5-13(8)16(17)18)22(19,20)15-9(2)12-7-21-10(3)14-12/h4-7,9,15H,1-3H3/t9-/m1/s1. The van der Waals surface area contributed by atoms with Crippen molar-refractivity contribution in [2.45, 2.75) is 31.7 Å². The summed E-state index contributed by atoms with van der Waals surface area (Å²) in [5.41, 5.74) is 0.830. The Bertz CT molecular complexity index is 814. The number of aryl methyl sites for hydroxylation is 2. The van der Waals surface area contributed by atoms with E-state index in [1.807, 2.05) is 6.92 Å². The summed E-state index contributed by atoms with van der Waals surface area (Å²) in [5, 5.41) is 13.4. The maximum Gasteiger partial charge on any atom is 0.272 e. The van der Waals surface area contributed by atoms with Crippen molar-refractivity contribution >= 4 is 27.0 Å². The lowest BCUT2D eigenvalue weighted by Crippen LogP contribution is -2.27. The number of rotatable bonds is 5. The van der Waals surface area contributed by atoms with Crippen molar-refractivity contribution in [1.29, 1.82) is 0 Å². The van der Waals surface area contributed by atoms with E-state index in [2.05, 4.69) is 9.71 Å². The fourth-order valence-corrected chi connectivity index (χ4v) is 3.95. The van der Waals surface area contributed by atoms with Crippen LogP contribution in [-0.4, -0.2) is 18.3 Å². The average Bonchev–Trinajstić information content (AvgIpc) is 2.84. The predicted octanol–water partition coefficient (Wildman–Crippen LogP) is 2.71. The Morgan fingerprint density at radius 3 is 2.55 bits per heavy atom. The van der Waals surface area contributed by atoms with Gasteiger partial charge >= 0.3 is 0 Å². The molecule has 0 radical (unpaired) electrons. The monoisotopic (exact) mass is 341 g/mol. The van der Waals surface area contributed by atoms with Gasteiger partial charge in [-0.15, -0.1) is 11.3 Å². The average molecular weight is 341 g/mol. The summed E-state index contributed by atoms with van der Waals surface area (Å²) in [7, 11) is -3.77. The Morgan fingerprint density at radius 1 is 1.36 bits per heavy atom. The lowest BCUT2D eigenvalue weighted by molar-refractivity contribution is -0.385. The van der Waals surface area contributed by atoms with Gasteiger partial charge in [-0.1, -0.05) is 0 Å². The van der Waals surface area contributed by atoms with Gasteiger partial charge in [0.15, 0.2) is 0 Å². The van der Waals surface area contributed by atoms with Gasteiger partial charge < -0.3 is 0 Å². The van der Waals surface area contributed by atoms with Crippen LogP contribution in [0.25, 0.3) is 0 Å². The second kappa shape index (κ2) is 6.11. The van der Waals surface area contributed by atoms with Gasteiger partial charge in [0.25, 0.3) is 5.69 Å². The Hall–Kier alpha value is -1.84. The van der Waals surface area contributed by atoms with Crippen molar-refractivity contribution < 1.29 is 13.3 Å². The summed E-state index contributed by atoms with van der Waals surface area (Å²) < 4.78 is 27.2. The van der Waals surface area contributed by atoms with Crippen LogP contribution >= 0.6 is 11.3 Å². The van der Waals surface area contributed by atoms with Crippen molar-refractivity contribution in [2.75, 3.05) is 0 Å². The second-order valence-electron chi connectivity index (χ2n) is 4.84. The zero-order valence-corrected chi connectivity index (χ0v) is 13.9. The van der Waals surface area contributed by atoms with Gasteiger partial charge in [-0.05, 0) is 32.9 Å². The molecule has 118 valence electrons. The van der Waals surface area contributed by atoms with E-state index in [0.717, 1.165) is 5.01 Å². The van der Waals surface area contributed by atoms with Crippen molar-refractivity contribution in [2.24, 2.45) is 0 Å². The number of benzene rings is 1. The minimum Gasteiger partial charge on any atom is -0.258 e. The van der Waals surface area contributed by atoms with E-state index < -0.39 is 21.0 Å². The Balaban J connectivity index is 2.27. The summed E-state index contributed by atoms with van der Waals surface area (Å²) in [6.07, 6.45) is 0. The van der Waals surface area contributed by atoms with Crippen molar-refractivity contribution in [1.82, 2.24) is 9.71 Å². The smallest absolute Gasteiger partial charge is 0.258 e. The minimum atomic E-state index is -3.77. The molecule has 0 bridgehead atoms. The Kier molecular flexibility index (Phi) is 4.59. The van der Waals surface area contributed by atoms with Crippen LogP contribution in [-0.2, 0) is 10.0 Å². The number of thiazole rings is 1. The molecule has 0 unspecified atom stereocenters. The fraction of sp³-hybridized carbons (Fsp3) is 0.308.